The van der Waals surface area contributed by atoms with Crippen LogP contribution in [0.4, 0.5) is 0 Å². The first-order valence-corrected chi connectivity index (χ1v) is 8.79. The molecule has 136 valence electrons. The molecule has 0 fully saturated rings. The van der Waals surface area contributed by atoms with Crippen LogP contribution in [0, 0.1) is 5.92 Å². The third-order valence-electron chi connectivity index (χ3n) is 4.60. The Hall–Kier alpha value is -3.28. The van der Waals surface area contributed by atoms with E-state index in [1.54, 1.807) is 24.7 Å². The SMILES string of the molecule is COC(=O)c1ccc2c(c1)CC(Cc1nccc(-c3cccnc3)n1)CO2. The van der Waals surface area contributed by atoms with E-state index in [4.69, 9.17) is 9.47 Å². The first-order valence-electron chi connectivity index (χ1n) is 8.79. The molecular weight excluding hydrogens is 342 g/mol. The zero-order valence-corrected chi connectivity index (χ0v) is 15.0. The second kappa shape index (κ2) is 7.53. The summed E-state index contributed by atoms with van der Waals surface area (Å²) in [5.74, 6) is 1.50. The molecule has 27 heavy (non-hydrogen) atoms. The van der Waals surface area contributed by atoms with E-state index >= 15 is 0 Å². The summed E-state index contributed by atoms with van der Waals surface area (Å²) in [4.78, 5) is 25.0. The number of hydrogen-bond donors (Lipinski definition) is 0. The lowest BCUT2D eigenvalue weighted by atomic mass is 9.92. The van der Waals surface area contributed by atoms with E-state index in [0.29, 0.717) is 18.6 Å². The van der Waals surface area contributed by atoms with Crippen molar-refractivity contribution in [3.63, 3.8) is 0 Å². The Bertz CT molecular complexity index is 960. The maximum absolute atomic E-state index is 11.8. The van der Waals surface area contributed by atoms with Gasteiger partial charge in [0.2, 0.25) is 0 Å². The largest absolute Gasteiger partial charge is 0.493 e. The number of rotatable bonds is 4. The van der Waals surface area contributed by atoms with Crippen molar-refractivity contribution in [2.45, 2.75) is 12.8 Å². The van der Waals surface area contributed by atoms with Crippen molar-refractivity contribution in [1.29, 1.82) is 0 Å². The van der Waals surface area contributed by atoms with Crippen LogP contribution < -0.4 is 4.74 Å². The lowest BCUT2D eigenvalue weighted by molar-refractivity contribution is 0.0600. The first kappa shape index (κ1) is 17.1. The van der Waals surface area contributed by atoms with E-state index < -0.39 is 0 Å². The number of hydrogen-bond acceptors (Lipinski definition) is 6. The van der Waals surface area contributed by atoms with Crippen molar-refractivity contribution < 1.29 is 14.3 Å². The molecular formula is C21H19N3O3. The molecule has 0 N–H and O–H groups in total. The first-order chi connectivity index (χ1) is 13.2. The molecule has 3 aromatic rings. The lowest BCUT2D eigenvalue weighted by Gasteiger charge is -2.25. The van der Waals surface area contributed by atoms with Crippen molar-refractivity contribution in [1.82, 2.24) is 15.0 Å². The van der Waals surface area contributed by atoms with E-state index in [1.807, 2.05) is 30.3 Å². The van der Waals surface area contributed by atoms with E-state index in [1.165, 1.54) is 7.11 Å². The standard InChI is InChI=1S/C21H19N3O3/c1-26-21(25)15-4-5-19-17(11-15)9-14(13-27-19)10-20-23-8-6-18(24-20)16-3-2-7-22-12-16/h2-8,11-12,14H,9-10,13H2,1H3. The molecule has 0 spiro atoms. The lowest BCUT2D eigenvalue weighted by Crippen LogP contribution is -2.24. The van der Waals surface area contributed by atoms with Crippen LogP contribution >= 0.6 is 0 Å². The molecule has 4 rings (SSSR count). The minimum absolute atomic E-state index is 0.245. The van der Waals surface area contributed by atoms with Gasteiger partial charge in [0.1, 0.15) is 11.6 Å². The molecule has 1 unspecified atom stereocenters. The molecule has 2 aromatic heterocycles. The molecule has 0 radical (unpaired) electrons. The normalized spacial score (nSPS) is 15.5. The van der Waals surface area contributed by atoms with Crippen LogP contribution in [0.3, 0.4) is 0 Å². The fraction of sp³-hybridized carbons (Fsp3) is 0.238. The van der Waals surface area contributed by atoms with E-state index in [-0.39, 0.29) is 11.9 Å². The van der Waals surface area contributed by atoms with Crippen LogP contribution in [0.25, 0.3) is 11.3 Å². The van der Waals surface area contributed by atoms with Gasteiger partial charge < -0.3 is 9.47 Å². The van der Waals surface area contributed by atoms with Gasteiger partial charge in [0, 0.05) is 36.5 Å². The van der Waals surface area contributed by atoms with Gasteiger partial charge in [-0.2, -0.15) is 0 Å². The van der Waals surface area contributed by atoms with Crippen molar-refractivity contribution >= 4 is 5.97 Å². The highest BCUT2D eigenvalue weighted by atomic mass is 16.5. The third kappa shape index (κ3) is 3.79. The molecule has 3 heterocycles. The Morgan fingerprint density at radius 3 is 3.00 bits per heavy atom. The van der Waals surface area contributed by atoms with Crippen LogP contribution in [0.2, 0.25) is 0 Å². The Morgan fingerprint density at radius 2 is 2.19 bits per heavy atom. The average molecular weight is 361 g/mol. The average Bonchev–Trinajstić information content (AvgIpc) is 2.73. The minimum Gasteiger partial charge on any atom is -0.493 e. The molecule has 1 aliphatic heterocycles. The molecule has 1 aromatic carbocycles. The molecule has 0 aliphatic carbocycles. The Balaban J connectivity index is 1.51. The highest BCUT2D eigenvalue weighted by molar-refractivity contribution is 5.89. The smallest absolute Gasteiger partial charge is 0.337 e. The fourth-order valence-corrected chi connectivity index (χ4v) is 3.26. The Morgan fingerprint density at radius 1 is 1.26 bits per heavy atom. The topological polar surface area (TPSA) is 74.2 Å². The van der Waals surface area contributed by atoms with Crippen LogP contribution in [0.5, 0.6) is 5.75 Å². The molecule has 1 atom stereocenters. The van der Waals surface area contributed by atoms with Crippen LogP contribution in [-0.4, -0.2) is 34.6 Å². The highest BCUT2D eigenvalue weighted by Gasteiger charge is 2.22. The van der Waals surface area contributed by atoms with Crippen molar-refractivity contribution in [2.24, 2.45) is 5.92 Å². The monoisotopic (exact) mass is 361 g/mol. The number of nitrogens with zero attached hydrogens (tertiary/aromatic N) is 3. The summed E-state index contributed by atoms with van der Waals surface area (Å²) in [7, 11) is 1.38. The van der Waals surface area contributed by atoms with Crippen LogP contribution in [-0.2, 0) is 17.6 Å². The van der Waals surface area contributed by atoms with Gasteiger partial charge >= 0.3 is 5.97 Å². The Kier molecular flexibility index (Phi) is 4.78. The molecule has 0 amide bonds. The summed E-state index contributed by atoms with van der Waals surface area (Å²) < 4.78 is 10.7. The number of carbonyl (C=O) groups excluding carboxylic acids is 1. The predicted molar refractivity (Wildman–Crippen MR) is 99.4 cm³/mol. The zero-order valence-electron chi connectivity index (χ0n) is 15.0. The quantitative estimate of drug-likeness (QED) is 0.665. The van der Waals surface area contributed by atoms with Gasteiger partial charge in [-0.1, -0.05) is 0 Å². The number of benzene rings is 1. The number of carbonyl (C=O) groups is 1. The number of aromatic nitrogens is 3. The number of fused-ring (bicyclic) bond motifs is 1. The second-order valence-electron chi connectivity index (χ2n) is 6.50. The summed E-state index contributed by atoms with van der Waals surface area (Å²) in [5.41, 5.74) is 3.38. The van der Waals surface area contributed by atoms with Gasteiger partial charge in [-0.15, -0.1) is 0 Å². The zero-order chi connectivity index (χ0) is 18.6. The second-order valence-corrected chi connectivity index (χ2v) is 6.50. The van der Waals surface area contributed by atoms with E-state index in [9.17, 15) is 4.79 Å². The summed E-state index contributed by atoms with van der Waals surface area (Å²) >= 11 is 0. The fourth-order valence-electron chi connectivity index (χ4n) is 3.26. The molecule has 1 aliphatic rings. The van der Waals surface area contributed by atoms with Gasteiger partial charge in [-0.3, -0.25) is 4.98 Å². The molecule has 0 saturated heterocycles. The van der Waals surface area contributed by atoms with Gasteiger partial charge in [0.05, 0.1) is 25.0 Å². The highest BCUT2D eigenvalue weighted by Crippen LogP contribution is 2.30. The summed E-state index contributed by atoms with van der Waals surface area (Å²) in [5, 5.41) is 0. The summed E-state index contributed by atoms with van der Waals surface area (Å²) in [6.45, 7) is 0.602. The number of methoxy groups -OCH3 is 1. The van der Waals surface area contributed by atoms with Gasteiger partial charge in [-0.05, 0) is 48.4 Å². The number of esters is 1. The number of pyridine rings is 1. The maximum atomic E-state index is 11.8. The van der Waals surface area contributed by atoms with Crippen molar-refractivity contribution in [3.8, 4) is 17.0 Å². The van der Waals surface area contributed by atoms with E-state index in [2.05, 4.69) is 15.0 Å². The predicted octanol–water partition coefficient (Wildman–Crippen LogP) is 3.12. The third-order valence-corrected chi connectivity index (χ3v) is 4.60. The molecule has 0 saturated carbocycles. The molecule has 6 nitrogen and oxygen atoms in total. The van der Waals surface area contributed by atoms with E-state index in [0.717, 1.165) is 34.8 Å². The maximum Gasteiger partial charge on any atom is 0.337 e. The van der Waals surface area contributed by atoms with Gasteiger partial charge in [0.25, 0.3) is 0 Å². The van der Waals surface area contributed by atoms with Crippen molar-refractivity contribution in [2.75, 3.05) is 13.7 Å². The van der Waals surface area contributed by atoms with Crippen molar-refractivity contribution in [3.05, 3.63) is 71.9 Å². The minimum atomic E-state index is -0.340. The Labute approximate surface area is 157 Å². The van der Waals surface area contributed by atoms with Gasteiger partial charge in [0.15, 0.2) is 0 Å². The van der Waals surface area contributed by atoms with Gasteiger partial charge in [-0.25, -0.2) is 14.8 Å². The molecule has 6 heteroatoms. The number of ether oxygens (including phenoxy) is 2. The summed E-state index contributed by atoms with van der Waals surface area (Å²) in [6, 6.07) is 11.2. The van der Waals surface area contributed by atoms with Crippen LogP contribution in [0.15, 0.2) is 55.0 Å². The van der Waals surface area contributed by atoms with Crippen LogP contribution in [0.1, 0.15) is 21.7 Å². The summed E-state index contributed by atoms with van der Waals surface area (Å²) in [6.07, 6.45) is 6.82. The molecule has 0 bridgehead atoms.